The third kappa shape index (κ3) is 2.57. The third-order valence-corrected chi connectivity index (χ3v) is 4.66. The Morgan fingerprint density at radius 1 is 1.20 bits per heavy atom. The Kier molecular flexibility index (Phi) is 4.00. The minimum atomic E-state index is -0.223. The first kappa shape index (κ1) is 13.5. The number of nitrogens with zero attached hydrogens (tertiary/aromatic N) is 4. The minimum Gasteiger partial charge on any atom is -0.353 e. The van der Waals surface area contributed by atoms with Crippen LogP contribution < -0.4 is 5.32 Å². The number of nitrogens with one attached hydrogen (secondary N) is 1. The highest BCUT2D eigenvalue weighted by Crippen LogP contribution is 2.37. The number of hydrogen-bond acceptors (Lipinski definition) is 4. The molecule has 1 aromatic rings. The summed E-state index contributed by atoms with van der Waals surface area (Å²) >= 11 is 0. The molecule has 0 bridgehead atoms. The van der Waals surface area contributed by atoms with Gasteiger partial charge in [-0.2, -0.15) is 0 Å². The van der Waals surface area contributed by atoms with Crippen LogP contribution in [-0.2, 0) is 11.3 Å². The van der Waals surface area contributed by atoms with Crippen LogP contribution in [0, 0.1) is 0 Å². The summed E-state index contributed by atoms with van der Waals surface area (Å²) in [4.78, 5) is 15.1. The topological polar surface area (TPSA) is 63.1 Å². The Morgan fingerprint density at radius 2 is 1.95 bits per heavy atom. The fourth-order valence-corrected chi connectivity index (χ4v) is 3.59. The first-order valence-corrected chi connectivity index (χ1v) is 7.69. The van der Waals surface area contributed by atoms with Crippen molar-refractivity contribution in [1.82, 2.24) is 25.2 Å². The standard InChI is InChI=1S/C14H23N5O/c20-13(15-7-11-19-12-8-16-17-19)14(5-1-2-6-14)18-9-3-4-10-18/h8,12H,1-7,9-11H2,(H,15,20). The third-order valence-electron chi connectivity index (χ3n) is 4.66. The van der Waals surface area contributed by atoms with Gasteiger partial charge in [0.2, 0.25) is 5.91 Å². The van der Waals surface area contributed by atoms with Crippen LogP contribution in [0.5, 0.6) is 0 Å². The second kappa shape index (κ2) is 5.91. The van der Waals surface area contributed by atoms with E-state index in [1.807, 2.05) is 6.20 Å². The number of hydrogen-bond donors (Lipinski definition) is 1. The monoisotopic (exact) mass is 277 g/mol. The first-order valence-electron chi connectivity index (χ1n) is 7.69. The molecule has 1 aliphatic carbocycles. The van der Waals surface area contributed by atoms with Crippen LogP contribution in [0.1, 0.15) is 38.5 Å². The van der Waals surface area contributed by atoms with E-state index in [0.29, 0.717) is 13.1 Å². The predicted octanol–water partition coefficient (Wildman–Crippen LogP) is 0.803. The quantitative estimate of drug-likeness (QED) is 0.865. The van der Waals surface area contributed by atoms with Gasteiger partial charge in [-0.15, -0.1) is 5.10 Å². The van der Waals surface area contributed by atoms with Crippen LogP contribution >= 0.6 is 0 Å². The molecular weight excluding hydrogens is 254 g/mol. The van der Waals surface area contributed by atoms with Gasteiger partial charge in [0.15, 0.2) is 0 Å². The van der Waals surface area contributed by atoms with E-state index in [-0.39, 0.29) is 11.4 Å². The van der Waals surface area contributed by atoms with Gasteiger partial charge in [-0.1, -0.05) is 18.1 Å². The molecule has 0 spiro atoms. The molecule has 1 saturated carbocycles. The zero-order valence-corrected chi connectivity index (χ0v) is 11.9. The predicted molar refractivity (Wildman–Crippen MR) is 75.0 cm³/mol. The van der Waals surface area contributed by atoms with Gasteiger partial charge in [-0.05, 0) is 38.8 Å². The number of aromatic nitrogens is 3. The summed E-state index contributed by atoms with van der Waals surface area (Å²) in [6, 6.07) is 0. The summed E-state index contributed by atoms with van der Waals surface area (Å²) in [7, 11) is 0. The lowest BCUT2D eigenvalue weighted by Crippen LogP contribution is -2.56. The van der Waals surface area contributed by atoms with E-state index in [1.165, 1.54) is 25.7 Å². The number of carbonyl (C=O) groups excluding carboxylic acids is 1. The summed E-state index contributed by atoms with van der Waals surface area (Å²) in [6.45, 7) is 3.46. The Hall–Kier alpha value is -1.43. The highest BCUT2D eigenvalue weighted by atomic mass is 16.2. The number of likely N-dealkylation sites (tertiary alicyclic amines) is 1. The molecule has 3 rings (SSSR count). The molecule has 6 heteroatoms. The Balaban J connectivity index is 1.58. The summed E-state index contributed by atoms with van der Waals surface area (Å²) in [5.74, 6) is 0.219. The molecule has 6 nitrogen and oxygen atoms in total. The van der Waals surface area contributed by atoms with Crippen molar-refractivity contribution in [3.8, 4) is 0 Å². The fraction of sp³-hybridized carbons (Fsp3) is 0.786. The van der Waals surface area contributed by atoms with Gasteiger partial charge in [-0.25, -0.2) is 0 Å². The van der Waals surface area contributed by atoms with Gasteiger partial charge in [0.25, 0.3) is 0 Å². The van der Waals surface area contributed by atoms with Crippen LogP contribution in [-0.4, -0.2) is 51.0 Å². The van der Waals surface area contributed by atoms with Crippen molar-refractivity contribution in [2.75, 3.05) is 19.6 Å². The van der Waals surface area contributed by atoms with E-state index in [1.54, 1.807) is 10.9 Å². The van der Waals surface area contributed by atoms with Crippen LogP contribution in [0.2, 0.25) is 0 Å². The van der Waals surface area contributed by atoms with Crippen molar-refractivity contribution in [1.29, 1.82) is 0 Å². The Labute approximate surface area is 119 Å². The maximum Gasteiger partial charge on any atom is 0.240 e. The average molecular weight is 277 g/mol. The molecule has 1 N–H and O–H groups in total. The van der Waals surface area contributed by atoms with Gasteiger partial charge in [-0.3, -0.25) is 14.4 Å². The molecular formula is C14H23N5O. The molecule has 1 saturated heterocycles. The summed E-state index contributed by atoms with van der Waals surface area (Å²) in [5, 5.41) is 10.8. The summed E-state index contributed by atoms with van der Waals surface area (Å²) in [6.07, 6.45) is 10.3. The van der Waals surface area contributed by atoms with Gasteiger partial charge in [0, 0.05) is 12.7 Å². The lowest BCUT2D eigenvalue weighted by molar-refractivity contribution is -0.132. The second-order valence-corrected chi connectivity index (χ2v) is 5.85. The molecule has 0 unspecified atom stereocenters. The molecule has 110 valence electrons. The van der Waals surface area contributed by atoms with E-state index in [4.69, 9.17) is 0 Å². The molecule has 1 aliphatic heterocycles. The zero-order chi connectivity index (χ0) is 13.8. The Morgan fingerprint density at radius 3 is 2.60 bits per heavy atom. The van der Waals surface area contributed by atoms with Gasteiger partial charge >= 0.3 is 0 Å². The van der Waals surface area contributed by atoms with Crippen LogP contribution in [0.25, 0.3) is 0 Å². The number of amides is 1. The SMILES string of the molecule is O=C(NCCn1ccnn1)C1(N2CCCC2)CCCC1. The molecule has 0 aromatic carbocycles. The highest BCUT2D eigenvalue weighted by Gasteiger charge is 2.46. The van der Waals surface area contributed by atoms with Crippen LogP contribution in [0.4, 0.5) is 0 Å². The van der Waals surface area contributed by atoms with Gasteiger partial charge < -0.3 is 5.32 Å². The molecule has 20 heavy (non-hydrogen) atoms. The number of rotatable bonds is 5. The molecule has 2 heterocycles. The summed E-state index contributed by atoms with van der Waals surface area (Å²) in [5.41, 5.74) is -0.223. The second-order valence-electron chi connectivity index (χ2n) is 5.85. The van der Waals surface area contributed by atoms with Crippen LogP contribution in [0.3, 0.4) is 0 Å². The van der Waals surface area contributed by atoms with Crippen molar-refractivity contribution in [2.45, 2.75) is 50.6 Å². The molecule has 0 atom stereocenters. The minimum absolute atomic E-state index is 0.219. The largest absolute Gasteiger partial charge is 0.353 e. The summed E-state index contributed by atoms with van der Waals surface area (Å²) < 4.78 is 1.75. The maximum absolute atomic E-state index is 12.7. The molecule has 1 amide bonds. The van der Waals surface area contributed by atoms with Crippen molar-refractivity contribution in [2.24, 2.45) is 0 Å². The smallest absolute Gasteiger partial charge is 0.240 e. The van der Waals surface area contributed by atoms with E-state index in [0.717, 1.165) is 25.9 Å². The van der Waals surface area contributed by atoms with Crippen molar-refractivity contribution in [3.05, 3.63) is 12.4 Å². The maximum atomic E-state index is 12.7. The lowest BCUT2D eigenvalue weighted by atomic mass is 9.94. The molecule has 0 radical (unpaired) electrons. The molecule has 1 aromatic heterocycles. The van der Waals surface area contributed by atoms with E-state index < -0.39 is 0 Å². The normalized spacial score (nSPS) is 22.2. The van der Waals surface area contributed by atoms with Crippen molar-refractivity contribution >= 4 is 5.91 Å². The molecule has 2 aliphatic rings. The van der Waals surface area contributed by atoms with E-state index in [9.17, 15) is 4.79 Å². The lowest BCUT2D eigenvalue weighted by Gasteiger charge is -2.37. The fourth-order valence-electron chi connectivity index (χ4n) is 3.59. The van der Waals surface area contributed by atoms with E-state index >= 15 is 0 Å². The number of carbonyl (C=O) groups is 1. The zero-order valence-electron chi connectivity index (χ0n) is 11.9. The van der Waals surface area contributed by atoms with Crippen molar-refractivity contribution < 1.29 is 4.79 Å². The van der Waals surface area contributed by atoms with E-state index in [2.05, 4.69) is 20.5 Å². The van der Waals surface area contributed by atoms with Gasteiger partial charge in [0.1, 0.15) is 5.54 Å². The highest BCUT2D eigenvalue weighted by molar-refractivity contribution is 5.86. The molecule has 2 fully saturated rings. The van der Waals surface area contributed by atoms with Gasteiger partial charge in [0.05, 0.1) is 12.7 Å². The average Bonchev–Trinajstić information content (AvgIpc) is 3.20. The van der Waals surface area contributed by atoms with Crippen LogP contribution in [0.15, 0.2) is 12.4 Å². The Bertz CT molecular complexity index is 432. The van der Waals surface area contributed by atoms with Crippen molar-refractivity contribution in [3.63, 3.8) is 0 Å². The first-order chi connectivity index (χ1) is 9.81.